The number of benzene rings is 1. The van der Waals surface area contributed by atoms with Gasteiger partial charge in [-0.3, -0.25) is 14.9 Å². The maximum absolute atomic E-state index is 12.6. The molecular weight excluding hydrogens is 470 g/mol. The fourth-order valence-corrected chi connectivity index (χ4v) is 6.46. The molecule has 2 amide bonds. The average molecular weight is 498 g/mol. The molecule has 2 aromatic rings. The average Bonchev–Trinajstić information content (AvgIpc) is 3.45. The molecule has 9 nitrogen and oxygen atoms in total. The summed E-state index contributed by atoms with van der Waals surface area (Å²) in [5.74, 6) is -0.187. The second kappa shape index (κ2) is 11.2. The molecule has 12 heteroatoms. The zero-order chi connectivity index (χ0) is 23.1. The molecule has 0 aliphatic heterocycles. The quantitative estimate of drug-likeness (QED) is 0.382. The van der Waals surface area contributed by atoms with Crippen molar-refractivity contribution in [3.63, 3.8) is 0 Å². The highest BCUT2D eigenvalue weighted by molar-refractivity contribution is 8.01. The fourth-order valence-electron chi connectivity index (χ4n) is 3.45. The zero-order valence-electron chi connectivity index (χ0n) is 18.0. The molecule has 32 heavy (non-hydrogen) atoms. The Hall–Kier alpha value is -2.02. The number of nitrogens with zero attached hydrogens (tertiary/aromatic N) is 3. The molecule has 174 valence electrons. The molecule has 2 N–H and O–H groups in total. The molecule has 1 aromatic heterocycles. The number of amides is 2. The molecule has 0 bridgehead atoms. The highest BCUT2D eigenvalue weighted by Crippen LogP contribution is 2.26. The van der Waals surface area contributed by atoms with Gasteiger partial charge < -0.3 is 5.32 Å². The van der Waals surface area contributed by atoms with Crippen LogP contribution >= 0.6 is 23.1 Å². The topological polar surface area (TPSA) is 121 Å². The predicted molar refractivity (Wildman–Crippen MR) is 126 cm³/mol. The van der Waals surface area contributed by atoms with Crippen LogP contribution in [0.3, 0.4) is 0 Å². The van der Waals surface area contributed by atoms with Gasteiger partial charge in [-0.25, -0.2) is 8.42 Å². The van der Waals surface area contributed by atoms with E-state index in [2.05, 4.69) is 20.8 Å². The normalized spacial score (nSPS) is 14.6. The molecule has 1 aliphatic rings. The third kappa shape index (κ3) is 6.27. The molecule has 0 saturated heterocycles. The lowest BCUT2D eigenvalue weighted by molar-refractivity contribution is -0.119. The number of nitrogens with one attached hydrogen (secondary N) is 2. The number of hydrogen-bond acceptors (Lipinski definition) is 8. The van der Waals surface area contributed by atoms with Gasteiger partial charge in [0.05, 0.1) is 10.6 Å². The van der Waals surface area contributed by atoms with E-state index in [1.165, 1.54) is 51.7 Å². The maximum atomic E-state index is 12.6. The van der Waals surface area contributed by atoms with Crippen LogP contribution in [0, 0.1) is 0 Å². The van der Waals surface area contributed by atoms with E-state index in [-0.39, 0.29) is 22.6 Å². The second-order valence-electron chi connectivity index (χ2n) is 7.28. The Morgan fingerprint density at radius 2 is 1.78 bits per heavy atom. The summed E-state index contributed by atoms with van der Waals surface area (Å²) in [7, 11) is -3.57. The smallest absolute Gasteiger partial charge is 0.257 e. The highest BCUT2D eigenvalue weighted by Gasteiger charge is 2.22. The second-order valence-corrected chi connectivity index (χ2v) is 11.4. The van der Waals surface area contributed by atoms with Crippen molar-refractivity contribution >= 4 is 50.1 Å². The van der Waals surface area contributed by atoms with Crippen LogP contribution in [-0.4, -0.2) is 59.6 Å². The SMILES string of the molecule is CCN(CC)S(=O)(=O)c1ccc(C(=O)Nc2nnc(SCC(=O)NC3CCCC3)s2)cc1. The third-order valence-electron chi connectivity index (χ3n) is 5.13. The van der Waals surface area contributed by atoms with Gasteiger partial charge >= 0.3 is 0 Å². The first-order valence-electron chi connectivity index (χ1n) is 10.5. The summed E-state index contributed by atoms with van der Waals surface area (Å²) in [6, 6.07) is 6.06. The van der Waals surface area contributed by atoms with Gasteiger partial charge in [-0.2, -0.15) is 4.31 Å². The minimum atomic E-state index is -3.57. The number of carbonyl (C=O) groups is 2. The number of hydrogen-bond donors (Lipinski definition) is 2. The van der Waals surface area contributed by atoms with Crippen LogP contribution in [-0.2, 0) is 14.8 Å². The van der Waals surface area contributed by atoms with Crippen LogP contribution in [0.15, 0.2) is 33.5 Å². The summed E-state index contributed by atoms with van der Waals surface area (Å²) < 4.78 is 27.0. The summed E-state index contributed by atoms with van der Waals surface area (Å²) in [5, 5.41) is 13.9. The summed E-state index contributed by atoms with van der Waals surface area (Å²) in [4.78, 5) is 24.7. The Morgan fingerprint density at radius 1 is 1.12 bits per heavy atom. The minimum Gasteiger partial charge on any atom is -0.353 e. The van der Waals surface area contributed by atoms with Crippen LogP contribution in [0.4, 0.5) is 5.13 Å². The Labute approximate surface area is 196 Å². The molecule has 0 radical (unpaired) electrons. The Morgan fingerprint density at radius 3 is 2.41 bits per heavy atom. The fraction of sp³-hybridized carbons (Fsp3) is 0.500. The zero-order valence-corrected chi connectivity index (χ0v) is 20.5. The Balaban J connectivity index is 1.53. The van der Waals surface area contributed by atoms with Crippen molar-refractivity contribution in [2.24, 2.45) is 0 Å². The molecule has 0 unspecified atom stereocenters. The van der Waals surface area contributed by atoms with Gasteiger partial charge in [0, 0.05) is 24.7 Å². The largest absolute Gasteiger partial charge is 0.353 e. The first kappa shape index (κ1) is 24.6. The number of sulfonamides is 1. The van der Waals surface area contributed by atoms with E-state index in [0.29, 0.717) is 28.1 Å². The lowest BCUT2D eigenvalue weighted by Gasteiger charge is -2.18. The van der Waals surface area contributed by atoms with Crippen molar-refractivity contribution in [1.29, 1.82) is 0 Å². The Bertz CT molecular complexity index is 1030. The number of aromatic nitrogens is 2. The molecule has 1 fully saturated rings. The van der Waals surface area contributed by atoms with E-state index in [4.69, 9.17) is 0 Å². The van der Waals surface area contributed by atoms with E-state index in [1.807, 2.05) is 0 Å². The monoisotopic (exact) mass is 497 g/mol. The number of anilines is 1. The minimum absolute atomic E-state index is 0.0255. The van der Waals surface area contributed by atoms with E-state index < -0.39 is 15.9 Å². The van der Waals surface area contributed by atoms with E-state index in [9.17, 15) is 18.0 Å². The Kier molecular flexibility index (Phi) is 8.63. The van der Waals surface area contributed by atoms with Crippen molar-refractivity contribution < 1.29 is 18.0 Å². The van der Waals surface area contributed by atoms with Crippen molar-refractivity contribution in [3.05, 3.63) is 29.8 Å². The van der Waals surface area contributed by atoms with Gasteiger partial charge in [0.25, 0.3) is 5.91 Å². The molecule has 3 rings (SSSR count). The summed E-state index contributed by atoms with van der Waals surface area (Å²) in [5.41, 5.74) is 0.309. The van der Waals surface area contributed by atoms with Crippen molar-refractivity contribution in [2.75, 3.05) is 24.2 Å². The van der Waals surface area contributed by atoms with Gasteiger partial charge in [-0.15, -0.1) is 10.2 Å². The van der Waals surface area contributed by atoms with Gasteiger partial charge in [-0.05, 0) is 37.1 Å². The number of carbonyl (C=O) groups excluding carboxylic acids is 2. The third-order valence-corrected chi connectivity index (χ3v) is 9.17. The van der Waals surface area contributed by atoms with E-state index >= 15 is 0 Å². The molecular formula is C20H27N5O4S3. The predicted octanol–water partition coefficient (Wildman–Crippen LogP) is 2.97. The molecule has 1 aromatic carbocycles. The number of thioether (sulfide) groups is 1. The molecule has 1 heterocycles. The summed E-state index contributed by atoms with van der Waals surface area (Å²) in [6.45, 7) is 4.31. The van der Waals surface area contributed by atoms with Gasteiger partial charge in [-0.1, -0.05) is 49.8 Å². The first-order chi connectivity index (χ1) is 15.3. The number of rotatable bonds is 10. The van der Waals surface area contributed by atoms with Crippen LogP contribution in [0.5, 0.6) is 0 Å². The molecule has 1 saturated carbocycles. The van der Waals surface area contributed by atoms with Crippen LogP contribution in [0.2, 0.25) is 0 Å². The summed E-state index contributed by atoms with van der Waals surface area (Å²) in [6.07, 6.45) is 4.39. The van der Waals surface area contributed by atoms with E-state index in [0.717, 1.165) is 25.7 Å². The molecule has 0 spiro atoms. The lowest BCUT2D eigenvalue weighted by atomic mass is 10.2. The highest BCUT2D eigenvalue weighted by atomic mass is 32.2. The summed E-state index contributed by atoms with van der Waals surface area (Å²) >= 11 is 2.46. The van der Waals surface area contributed by atoms with Crippen LogP contribution in [0.25, 0.3) is 0 Å². The van der Waals surface area contributed by atoms with Crippen molar-refractivity contribution in [2.45, 2.75) is 54.8 Å². The van der Waals surface area contributed by atoms with Gasteiger partial charge in [0.1, 0.15) is 0 Å². The van der Waals surface area contributed by atoms with Gasteiger partial charge in [0.2, 0.25) is 21.1 Å². The maximum Gasteiger partial charge on any atom is 0.257 e. The lowest BCUT2D eigenvalue weighted by Crippen LogP contribution is -2.33. The van der Waals surface area contributed by atoms with Crippen molar-refractivity contribution in [3.8, 4) is 0 Å². The van der Waals surface area contributed by atoms with Gasteiger partial charge in [0.15, 0.2) is 4.34 Å². The van der Waals surface area contributed by atoms with Crippen molar-refractivity contribution in [1.82, 2.24) is 19.8 Å². The van der Waals surface area contributed by atoms with Crippen LogP contribution in [0.1, 0.15) is 49.9 Å². The molecule has 1 aliphatic carbocycles. The standard InChI is InChI=1S/C20H27N5O4S3/c1-3-25(4-2)32(28,29)16-11-9-14(10-12-16)18(27)22-19-23-24-20(31-19)30-13-17(26)21-15-7-5-6-8-15/h9-12,15H,3-8,13H2,1-2H3,(H,21,26)(H,22,23,27). The van der Waals surface area contributed by atoms with Crippen LogP contribution < -0.4 is 10.6 Å². The first-order valence-corrected chi connectivity index (χ1v) is 13.7. The molecule has 0 atom stereocenters. The van der Waals surface area contributed by atoms with E-state index in [1.54, 1.807) is 13.8 Å².